The molecule has 0 aliphatic carbocycles. The number of rotatable bonds is 1. The lowest BCUT2D eigenvalue weighted by molar-refractivity contribution is 0.0210. The smallest absolute Gasteiger partial charge is 0.124 e. The van der Waals surface area contributed by atoms with Gasteiger partial charge in [0, 0.05) is 30.6 Å². The average molecular weight is 274 g/mol. The topological polar surface area (TPSA) is 38.5 Å². The van der Waals surface area contributed by atoms with Crippen molar-refractivity contribution < 1.29 is 4.74 Å². The Hall–Kier alpha value is -1.06. The Morgan fingerprint density at radius 1 is 1.25 bits per heavy atom. The van der Waals surface area contributed by atoms with E-state index < -0.39 is 0 Å². The van der Waals surface area contributed by atoms with Crippen LogP contribution in [0.3, 0.4) is 0 Å². The van der Waals surface area contributed by atoms with Crippen molar-refractivity contribution in [3.05, 3.63) is 29.8 Å². The van der Waals surface area contributed by atoms with Gasteiger partial charge in [-0.3, -0.25) is 0 Å². The van der Waals surface area contributed by atoms with Crippen molar-refractivity contribution in [2.45, 2.75) is 57.2 Å². The van der Waals surface area contributed by atoms with Gasteiger partial charge in [0.05, 0.1) is 0 Å². The first-order chi connectivity index (χ1) is 9.60. The van der Waals surface area contributed by atoms with E-state index in [-0.39, 0.29) is 11.6 Å². The highest BCUT2D eigenvalue weighted by Gasteiger charge is 2.40. The molecule has 2 aliphatic heterocycles. The van der Waals surface area contributed by atoms with Crippen molar-refractivity contribution in [2.24, 2.45) is 5.73 Å². The SMILES string of the molecule is CC(C)N1CCCC2(CC1)CC(N)c1ccccc1O2. The molecule has 1 fully saturated rings. The predicted molar refractivity (Wildman–Crippen MR) is 81.9 cm³/mol. The quantitative estimate of drug-likeness (QED) is 0.855. The fourth-order valence-corrected chi connectivity index (χ4v) is 3.68. The standard InChI is InChI=1S/C17H26N2O/c1-13(2)19-10-5-8-17(9-11-19)12-15(18)14-6-3-4-7-16(14)20-17/h3-4,6-7,13,15H,5,8-12,18H2,1-2H3. The summed E-state index contributed by atoms with van der Waals surface area (Å²) in [6.45, 7) is 6.85. The minimum absolute atomic E-state index is 0.0442. The summed E-state index contributed by atoms with van der Waals surface area (Å²) in [5.41, 5.74) is 7.53. The van der Waals surface area contributed by atoms with Crippen LogP contribution in [0.15, 0.2) is 24.3 Å². The summed E-state index contributed by atoms with van der Waals surface area (Å²) < 4.78 is 6.43. The van der Waals surface area contributed by atoms with Gasteiger partial charge in [-0.25, -0.2) is 0 Å². The van der Waals surface area contributed by atoms with Gasteiger partial charge in [-0.15, -0.1) is 0 Å². The second-order valence-corrected chi connectivity index (χ2v) is 6.62. The van der Waals surface area contributed by atoms with Gasteiger partial charge in [-0.2, -0.15) is 0 Å². The minimum atomic E-state index is -0.0442. The highest BCUT2D eigenvalue weighted by Crippen LogP contribution is 2.43. The average Bonchev–Trinajstić information content (AvgIpc) is 2.62. The third-order valence-electron chi connectivity index (χ3n) is 4.90. The summed E-state index contributed by atoms with van der Waals surface area (Å²) in [5, 5.41) is 0. The zero-order chi connectivity index (χ0) is 14.2. The fourth-order valence-electron chi connectivity index (χ4n) is 3.68. The molecule has 3 nitrogen and oxygen atoms in total. The van der Waals surface area contributed by atoms with E-state index in [1.165, 1.54) is 18.5 Å². The van der Waals surface area contributed by atoms with E-state index >= 15 is 0 Å². The van der Waals surface area contributed by atoms with E-state index in [0.717, 1.165) is 31.6 Å². The van der Waals surface area contributed by atoms with Crippen LogP contribution in [0.1, 0.15) is 51.1 Å². The monoisotopic (exact) mass is 274 g/mol. The van der Waals surface area contributed by atoms with Gasteiger partial charge >= 0.3 is 0 Å². The number of para-hydroxylation sites is 1. The maximum atomic E-state index is 6.43. The van der Waals surface area contributed by atoms with Gasteiger partial charge in [0.2, 0.25) is 0 Å². The summed E-state index contributed by atoms with van der Waals surface area (Å²) in [6, 6.07) is 9.00. The molecule has 1 aromatic carbocycles. The number of hydrogen-bond acceptors (Lipinski definition) is 3. The lowest BCUT2D eigenvalue weighted by Crippen LogP contribution is -2.44. The molecule has 0 amide bonds. The van der Waals surface area contributed by atoms with Crippen LogP contribution in [-0.4, -0.2) is 29.6 Å². The van der Waals surface area contributed by atoms with Crippen LogP contribution < -0.4 is 10.5 Å². The maximum absolute atomic E-state index is 6.43. The lowest BCUT2D eigenvalue weighted by atomic mass is 9.82. The number of benzene rings is 1. The van der Waals surface area contributed by atoms with Gasteiger partial charge in [0.25, 0.3) is 0 Å². The molecule has 0 aromatic heterocycles. The van der Waals surface area contributed by atoms with E-state index in [0.29, 0.717) is 6.04 Å². The molecule has 2 atom stereocenters. The number of nitrogens with zero attached hydrogens (tertiary/aromatic N) is 1. The first-order valence-corrected chi connectivity index (χ1v) is 7.87. The molecule has 1 spiro atoms. The largest absolute Gasteiger partial charge is 0.487 e. The first-order valence-electron chi connectivity index (χ1n) is 7.87. The molecule has 20 heavy (non-hydrogen) atoms. The predicted octanol–water partition coefficient (Wildman–Crippen LogP) is 3.10. The van der Waals surface area contributed by atoms with Gasteiger partial charge < -0.3 is 15.4 Å². The van der Waals surface area contributed by atoms with E-state index in [1.54, 1.807) is 0 Å². The second-order valence-electron chi connectivity index (χ2n) is 6.62. The molecule has 2 N–H and O–H groups in total. The normalized spacial score (nSPS) is 30.9. The zero-order valence-electron chi connectivity index (χ0n) is 12.6. The van der Waals surface area contributed by atoms with Crippen molar-refractivity contribution in [1.82, 2.24) is 4.90 Å². The Bertz CT molecular complexity index is 474. The molecule has 1 saturated heterocycles. The molecule has 3 heteroatoms. The van der Waals surface area contributed by atoms with Crippen molar-refractivity contribution >= 4 is 0 Å². The molecule has 2 unspecified atom stereocenters. The third-order valence-corrected chi connectivity index (χ3v) is 4.90. The number of fused-ring (bicyclic) bond motifs is 1. The van der Waals surface area contributed by atoms with Crippen molar-refractivity contribution in [2.75, 3.05) is 13.1 Å². The first kappa shape index (κ1) is 13.9. The van der Waals surface area contributed by atoms with Crippen molar-refractivity contribution in [3.8, 4) is 5.75 Å². The van der Waals surface area contributed by atoms with Crippen LogP contribution in [-0.2, 0) is 0 Å². The van der Waals surface area contributed by atoms with Gasteiger partial charge in [0.1, 0.15) is 11.4 Å². The number of hydrogen-bond donors (Lipinski definition) is 1. The molecular weight excluding hydrogens is 248 g/mol. The molecule has 1 aromatic rings. The summed E-state index contributed by atoms with van der Waals surface area (Å²) in [7, 11) is 0. The highest BCUT2D eigenvalue weighted by atomic mass is 16.5. The van der Waals surface area contributed by atoms with E-state index in [2.05, 4.69) is 30.9 Å². The Morgan fingerprint density at radius 2 is 2.05 bits per heavy atom. The minimum Gasteiger partial charge on any atom is -0.487 e. The van der Waals surface area contributed by atoms with E-state index in [4.69, 9.17) is 10.5 Å². The lowest BCUT2D eigenvalue weighted by Gasteiger charge is -2.41. The third kappa shape index (κ3) is 2.57. The Morgan fingerprint density at radius 3 is 2.85 bits per heavy atom. The van der Waals surface area contributed by atoms with Gasteiger partial charge in [0.15, 0.2) is 0 Å². The summed E-state index contributed by atoms with van der Waals surface area (Å²) in [5.74, 6) is 1.00. The molecule has 0 radical (unpaired) electrons. The molecule has 2 aliphatic rings. The number of nitrogens with two attached hydrogens (primary N) is 1. The molecule has 3 rings (SSSR count). The molecule has 110 valence electrons. The van der Waals surface area contributed by atoms with Crippen molar-refractivity contribution in [3.63, 3.8) is 0 Å². The van der Waals surface area contributed by atoms with Crippen LogP contribution in [0.5, 0.6) is 5.75 Å². The summed E-state index contributed by atoms with van der Waals surface area (Å²) in [6.07, 6.45) is 4.37. The summed E-state index contributed by atoms with van der Waals surface area (Å²) in [4.78, 5) is 2.56. The van der Waals surface area contributed by atoms with Crippen LogP contribution in [0, 0.1) is 0 Å². The van der Waals surface area contributed by atoms with Crippen LogP contribution in [0.2, 0.25) is 0 Å². The zero-order valence-corrected chi connectivity index (χ0v) is 12.6. The van der Waals surface area contributed by atoms with Gasteiger partial charge in [-0.1, -0.05) is 18.2 Å². The number of ether oxygens (including phenoxy) is 1. The van der Waals surface area contributed by atoms with E-state index in [9.17, 15) is 0 Å². The van der Waals surface area contributed by atoms with Crippen molar-refractivity contribution in [1.29, 1.82) is 0 Å². The van der Waals surface area contributed by atoms with Gasteiger partial charge in [-0.05, 0) is 45.7 Å². The second kappa shape index (κ2) is 5.38. The highest BCUT2D eigenvalue weighted by molar-refractivity contribution is 5.38. The Kier molecular flexibility index (Phi) is 3.74. The van der Waals surface area contributed by atoms with E-state index in [1.807, 2.05) is 12.1 Å². The van der Waals surface area contributed by atoms with Crippen LogP contribution in [0.25, 0.3) is 0 Å². The van der Waals surface area contributed by atoms with Crippen LogP contribution in [0.4, 0.5) is 0 Å². The van der Waals surface area contributed by atoms with Crippen LogP contribution >= 0.6 is 0 Å². The molecular formula is C17H26N2O. The molecule has 2 heterocycles. The Balaban J connectivity index is 1.81. The Labute approximate surface area is 122 Å². The molecule has 0 saturated carbocycles. The molecule has 0 bridgehead atoms. The maximum Gasteiger partial charge on any atom is 0.124 e. The summed E-state index contributed by atoms with van der Waals surface area (Å²) >= 11 is 0. The number of likely N-dealkylation sites (tertiary alicyclic amines) is 1. The fraction of sp³-hybridized carbons (Fsp3) is 0.647.